The molecule has 3 rings (SSSR count). The maximum absolute atomic E-state index is 12.9. The quantitative estimate of drug-likeness (QED) is 0.293. The molecule has 4 amide bonds. The zero-order valence-corrected chi connectivity index (χ0v) is 22.2. The molecule has 8 nitrogen and oxygen atoms in total. The topological polar surface area (TPSA) is 116 Å². The Balaban J connectivity index is 1.51. The van der Waals surface area contributed by atoms with Crippen molar-refractivity contribution in [3.05, 3.63) is 83.9 Å². The van der Waals surface area contributed by atoms with Crippen molar-refractivity contribution in [1.29, 1.82) is 0 Å². The van der Waals surface area contributed by atoms with Crippen molar-refractivity contribution in [1.82, 2.24) is 21.3 Å². The number of rotatable bonds is 11. The smallest absolute Gasteiger partial charge is 0.252 e. The van der Waals surface area contributed by atoms with Gasteiger partial charge in [0.25, 0.3) is 11.8 Å². The first-order valence-electron chi connectivity index (χ1n) is 12.8. The van der Waals surface area contributed by atoms with E-state index < -0.39 is 29.3 Å². The maximum Gasteiger partial charge on any atom is 0.252 e. The number of hydrogen-bond donors (Lipinski definition) is 4. The monoisotopic (exact) mass is 516 g/mol. The molecule has 0 spiro atoms. The standard InChI is InChI=1S/C30H36N4O4/c1-30(2,3)34-29(38)27(33-26(36)17-16-21-10-5-4-6-11-21)28(37)31-19-18-25(35)32-20-23-14-9-13-22-12-7-8-15-24(22)23/h4-15,27H,16-20H2,1-3H3,(H,31,37)(H,32,35)(H,33,36)(H,34,38)/t27-/m1/s1. The van der Waals surface area contributed by atoms with Gasteiger partial charge < -0.3 is 21.3 Å². The Morgan fingerprint density at radius 3 is 2.16 bits per heavy atom. The molecule has 0 aliphatic heterocycles. The molecule has 1 atom stereocenters. The summed E-state index contributed by atoms with van der Waals surface area (Å²) in [6.07, 6.45) is 0.651. The molecule has 0 saturated heterocycles. The maximum atomic E-state index is 12.9. The van der Waals surface area contributed by atoms with Crippen molar-refractivity contribution in [2.45, 2.75) is 58.2 Å². The molecule has 4 N–H and O–H groups in total. The Bertz CT molecular complexity index is 1260. The molecule has 8 heteroatoms. The van der Waals surface area contributed by atoms with Gasteiger partial charge in [0.1, 0.15) is 0 Å². The van der Waals surface area contributed by atoms with E-state index in [2.05, 4.69) is 21.3 Å². The lowest BCUT2D eigenvalue weighted by Crippen LogP contribution is -2.58. The number of hydrogen-bond acceptors (Lipinski definition) is 4. The van der Waals surface area contributed by atoms with Crippen LogP contribution in [-0.2, 0) is 32.1 Å². The van der Waals surface area contributed by atoms with E-state index in [1.807, 2.05) is 72.8 Å². The summed E-state index contributed by atoms with van der Waals surface area (Å²) >= 11 is 0. The van der Waals surface area contributed by atoms with Crippen LogP contribution in [0.4, 0.5) is 0 Å². The third-order valence-corrected chi connectivity index (χ3v) is 5.82. The lowest BCUT2D eigenvalue weighted by Gasteiger charge is -2.25. The van der Waals surface area contributed by atoms with Gasteiger partial charge >= 0.3 is 0 Å². The van der Waals surface area contributed by atoms with Crippen molar-refractivity contribution in [2.24, 2.45) is 0 Å². The predicted octanol–water partition coefficient (Wildman–Crippen LogP) is 2.99. The van der Waals surface area contributed by atoms with Gasteiger partial charge in [0.2, 0.25) is 11.8 Å². The number of benzene rings is 3. The lowest BCUT2D eigenvalue weighted by molar-refractivity contribution is -0.137. The van der Waals surface area contributed by atoms with E-state index in [0.717, 1.165) is 21.9 Å². The van der Waals surface area contributed by atoms with E-state index in [9.17, 15) is 19.2 Å². The molecule has 0 bridgehead atoms. The van der Waals surface area contributed by atoms with Crippen LogP contribution >= 0.6 is 0 Å². The molecular weight excluding hydrogens is 480 g/mol. The second-order valence-corrected chi connectivity index (χ2v) is 10.2. The highest BCUT2D eigenvalue weighted by Crippen LogP contribution is 2.18. The third-order valence-electron chi connectivity index (χ3n) is 5.82. The Labute approximate surface area is 223 Å². The number of carbonyl (C=O) groups is 4. The van der Waals surface area contributed by atoms with Gasteiger partial charge in [0.05, 0.1) is 0 Å². The van der Waals surface area contributed by atoms with Crippen LogP contribution in [0.3, 0.4) is 0 Å². The summed E-state index contributed by atoms with van der Waals surface area (Å²) in [6, 6.07) is 22.0. The van der Waals surface area contributed by atoms with Crippen LogP contribution in [0.1, 0.15) is 44.7 Å². The predicted molar refractivity (Wildman–Crippen MR) is 148 cm³/mol. The molecule has 0 aromatic heterocycles. The number of amides is 4. The van der Waals surface area contributed by atoms with E-state index in [-0.39, 0.29) is 25.3 Å². The third kappa shape index (κ3) is 9.03. The summed E-state index contributed by atoms with van der Waals surface area (Å²) in [5.41, 5.74) is 1.39. The summed E-state index contributed by atoms with van der Waals surface area (Å²) in [6.45, 7) is 5.76. The Morgan fingerprint density at radius 1 is 0.737 bits per heavy atom. The second-order valence-electron chi connectivity index (χ2n) is 10.2. The molecule has 38 heavy (non-hydrogen) atoms. The highest BCUT2D eigenvalue weighted by molar-refractivity contribution is 6.07. The summed E-state index contributed by atoms with van der Waals surface area (Å²) in [7, 11) is 0. The largest absolute Gasteiger partial charge is 0.353 e. The van der Waals surface area contributed by atoms with Crippen LogP contribution in [0.2, 0.25) is 0 Å². The minimum Gasteiger partial charge on any atom is -0.353 e. The molecule has 0 radical (unpaired) electrons. The first kappa shape index (κ1) is 28.4. The van der Waals surface area contributed by atoms with E-state index in [0.29, 0.717) is 13.0 Å². The fourth-order valence-corrected chi connectivity index (χ4v) is 3.96. The van der Waals surface area contributed by atoms with Gasteiger partial charge in [-0.15, -0.1) is 0 Å². The van der Waals surface area contributed by atoms with Crippen molar-refractivity contribution < 1.29 is 19.2 Å². The summed E-state index contributed by atoms with van der Waals surface area (Å²) in [5, 5.41) is 12.9. The molecule has 3 aromatic rings. The van der Waals surface area contributed by atoms with Gasteiger partial charge in [0, 0.05) is 31.5 Å². The van der Waals surface area contributed by atoms with Gasteiger partial charge in [-0.3, -0.25) is 19.2 Å². The van der Waals surface area contributed by atoms with Gasteiger partial charge in [-0.05, 0) is 49.1 Å². The molecule has 0 unspecified atom stereocenters. The molecular formula is C30H36N4O4. The fourth-order valence-electron chi connectivity index (χ4n) is 3.96. The molecule has 200 valence electrons. The Kier molecular flexibility index (Phi) is 9.99. The number of aryl methyl sites for hydroxylation is 1. The molecule has 0 heterocycles. The molecule has 0 fully saturated rings. The van der Waals surface area contributed by atoms with Crippen molar-refractivity contribution in [3.63, 3.8) is 0 Å². The molecule has 3 aromatic carbocycles. The summed E-state index contributed by atoms with van der Waals surface area (Å²) in [5.74, 6) is -1.92. The normalized spacial score (nSPS) is 11.9. The molecule has 0 aliphatic rings. The highest BCUT2D eigenvalue weighted by atomic mass is 16.2. The zero-order chi connectivity index (χ0) is 27.5. The first-order valence-corrected chi connectivity index (χ1v) is 12.8. The fraction of sp³-hybridized carbons (Fsp3) is 0.333. The summed E-state index contributed by atoms with van der Waals surface area (Å²) < 4.78 is 0. The summed E-state index contributed by atoms with van der Waals surface area (Å²) in [4.78, 5) is 50.6. The average molecular weight is 517 g/mol. The zero-order valence-electron chi connectivity index (χ0n) is 22.2. The van der Waals surface area contributed by atoms with Crippen molar-refractivity contribution in [3.8, 4) is 0 Å². The van der Waals surface area contributed by atoms with Crippen LogP contribution in [0.15, 0.2) is 72.8 Å². The Hall–Kier alpha value is -4.20. The van der Waals surface area contributed by atoms with Crippen LogP contribution in [0.25, 0.3) is 10.8 Å². The van der Waals surface area contributed by atoms with Crippen LogP contribution < -0.4 is 21.3 Å². The SMILES string of the molecule is CC(C)(C)NC(=O)[C@H](NC(=O)CCc1ccccc1)C(=O)NCCC(=O)NCc1cccc2ccccc12. The lowest BCUT2D eigenvalue weighted by atomic mass is 10.0. The van der Waals surface area contributed by atoms with Gasteiger partial charge in [-0.1, -0.05) is 72.8 Å². The first-order chi connectivity index (χ1) is 18.1. The van der Waals surface area contributed by atoms with E-state index >= 15 is 0 Å². The van der Waals surface area contributed by atoms with Crippen LogP contribution in [0.5, 0.6) is 0 Å². The van der Waals surface area contributed by atoms with Gasteiger partial charge in [-0.2, -0.15) is 0 Å². The highest BCUT2D eigenvalue weighted by Gasteiger charge is 2.30. The minimum atomic E-state index is -1.41. The van der Waals surface area contributed by atoms with Gasteiger partial charge in [-0.25, -0.2) is 0 Å². The minimum absolute atomic E-state index is 0.0272. The number of nitrogens with one attached hydrogen (secondary N) is 4. The Morgan fingerprint density at radius 2 is 1.42 bits per heavy atom. The number of fused-ring (bicyclic) bond motifs is 1. The van der Waals surface area contributed by atoms with Crippen molar-refractivity contribution in [2.75, 3.05) is 6.54 Å². The second kappa shape index (κ2) is 13.4. The van der Waals surface area contributed by atoms with Gasteiger partial charge in [0.15, 0.2) is 6.04 Å². The van der Waals surface area contributed by atoms with Crippen molar-refractivity contribution >= 4 is 34.4 Å². The molecule has 0 saturated carbocycles. The van der Waals surface area contributed by atoms with Crippen LogP contribution in [0, 0.1) is 0 Å². The number of carbonyl (C=O) groups excluding carboxylic acids is 4. The average Bonchev–Trinajstić information content (AvgIpc) is 2.88. The van der Waals surface area contributed by atoms with E-state index in [1.165, 1.54) is 0 Å². The molecule has 0 aliphatic carbocycles. The van der Waals surface area contributed by atoms with E-state index in [1.54, 1.807) is 20.8 Å². The van der Waals surface area contributed by atoms with E-state index in [4.69, 9.17) is 0 Å². The van der Waals surface area contributed by atoms with Crippen LogP contribution in [-0.4, -0.2) is 41.8 Å².